The Morgan fingerprint density at radius 2 is 1.85 bits per heavy atom. The molecule has 3 atom stereocenters. The molecule has 0 bridgehead atoms. The number of nitrogens with zero attached hydrogens (tertiary/aromatic N) is 2. The lowest BCUT2D eigenvalue weighted by Gasteiger charge is -2.36. The van der Waals surface area contributed by atoms with Crippen molar-refractivity contribution < 1.29 is 28.6 Å². The SMILES string of the molecule is CNC(=O)C(O)(CCC=O)N(C=O)Cc1c(C)cccc1NCc1cccc(CN2CC(C)OC(C)C2)c1F. The van der Waals surface area contributed by atoms with Crippen LogP contribution in [0.1, 0.15) is 48.9 Å². The fourth-order valence-corrected chi connectivity index (χ4v) is 5.09. The Morgan fingerprint density at radius 1 is 1.18 bits per heavy atom. The maximum Gasteiger partial charge on any atom is 0.273 e. The van der Waals surface area contributed by atoms with Crippen molar-refractivity contribution in [3.63, 3.8) is 0 Å². The molecular formula is C29H39FN4O5. The van der Waals surface area contributed by atoms with Crippen LogP contribution in [0.5, 0.6) is 0 Å². The van der Waals surface area contributed by atoms with E-state index in [1.165, 1.54) is 7.05 Å². The molecule has 3 unspecified atom stereocenters. The van der Waals surface area contributed by atoms with E-state index < -0.39 is 11.6 Å². The van der Waals surface area contributed by atoms with E-state index in [4.69, 9.17) is 4.74 Å². The first-order valence-corrected chi connectivity index (χ1v) is 13.2. The highest BCUT2D eigenvalue weighted by atomic mass is 19.1. The molecule has 3 rings (SSSR count). The predicted octanol–water partition coefficient (Wildman–Crippen LogP) is 2.73. The van der Waals surface area contributed by atoms with Crippen molar-refractivity contribution >= 4 is 24.3 Å². The van der Waals surface area contributed by atoms with E-state index in [1.807, 2.05) is 39.0 Å². The van der Waals surface area contributed by atoms with Crippen LogP contribution in [0.4, 0.5) is 10.1 Å². The number of benzene rings is 2. The van der Waals surface area contributed by atoms with E-state index in [0.717, 1.165) is 23.6 Å². The van der Waals surface area contributed by atoms with Crippen molar-refractivity contribution in [3.8, 4) is 0 Å². The number of likely N-dealkylation sites (N-methyl/N-ethyl adjacent to an activating group) is 1. The zero-order valence-corrected chi connectivity index (χ0v) is 23.1. The van der Waals surface area contributed by atoms with Crippen LogP contribution in [0, 0.1) is 12.7 Å². The molecule has 0 aromatic heterocycles. The Hall–Kier alpha value is -3.34. The van der Waals surface area contributed by atoms with Gasteiger partial charge in [-0.25, -0.2) is 4.39 Å². The number of carbonyl (C=O) groups is 3. The summed E-state index contributed by atoms with van der Waals surface area (Å²) in [5, 5.41) is 16.7. The second kappa shape index (κ2) is 13.6. The molecular weight excluding hydrogens is 503 g/mol. The summed E-state index contributed by atoms with van der Waals surface area (Å²) in [6.45, 7) is 7.93. The lowest BCUT2D eigenvalue weighted by atomic mass is 10.0. The molecule has 0 saturated carbocycles. The van der Waals surface area contributed by atoms with Gasteiger partial charge in [-0.05, 0) is 38.0 Å². The number of aryl methyl sites for hydroxylation is 1. The topological polar surface area (TPSA) is 111 Å². The molecule has 39 heavy (non-hydrogen) atoms. The van der Waals surface area contributed by atoms with Gasteiger partial charge in [0.1, 0.15) is 12.1 Å². The van der Waals surface area contributed by atoms with Crippen LogP contribution in [0.15, 0.2) is 36.4 Å². The van der Waals surface area contributed by atoms with E-state index in [0.29, 0.717) is 41.6 Å². The standard InChI is InChI=1S/C29H39FN4O5/c1-20-8-5-11-26(25(20)18-34(19-36)29(38,12-7-13-35)28(37)31-4)32-14-23-9-6-10-24(27(23)30)17-33-15-21(2)39-22(3)16-33/h5-6,8-11,13,19,21-22,32,38H,7,12,14-18H2,1-4H3,(H,31,37). The highest BCUT2D eigenvalue weighted by Crippen LogP contribution is 2.27. The van der Waals surface area contributed by atoms with Crippen molar-refractivity contribution in [2.24, 2.45) is 0 Å². The number of hydrogen-bond donors (Lipinski definition) is 3. The van der Waals surface area contributed by atoms with E-state index in [2.05, 4.69) is 15.5 Å². The summed E-state index contributed by atoms with van der Waals surface area (Å²) >= 11 is 0. The lowest BCUT2D eigenvalue weighted by Crippen LogP contribution is -2.57. The summed E-state index contributed by atoms with van der Waals surface area (Å²) in [5.41, 5.74) is 1.01. The maximum atomic E-state index is 15.5. The van der Waals surface area contributed by atoms with Gasteiger partial charge in [0.2, 0.25) is 12.1 Å². The number of aliphatic hydroxyl groups is 1. The van der Waals surface area contributed by atoms with Gasteiger partial charge in [-0.1, -0.05) is 30.3 Å². The van der Waals surface area contributed by atoms with Crippen molar-refractivity contribution in [2.75, 3.05) is 25.5 Å². The summed E-state index contributed by atoms with van der Waals surface area (Å²) in [6.07, 6.45) is 0.805. The summed E-state index contributed by atoms with van der Waals surface area (Å²) in [5.74, 6) is -1.06. The van der Waals surface area contributed by atoms with Crippen molar-refractivity contribution in [2.45, 2.75) is 71.2 Å². The highest BCUT2D eigenvalue weighted by molar-refractivity contribution is 5.86. The van der Waals surface area contributed by atoms with Crippen LogP contribution in [0.25, 0.3) is 0 Å². The Morgan fingerprint density at radius 3 is 2.49 bits per heavy atom. The number of amides is 2. The Labute approximate surface area is 229 Å². The van der Waals surface area contributed by atoms with Crippen molar-refractivity contribution in [1.82, 2.24) is 15.1 Å². The largest absolute Gasteiger partial charge is 0.381 e. The monoisotopic (exact) mass is 542 g/mol. The van der Waals surface area contributed by atoms with Gasteiger partial charge in [-0.2, -0.15) is 0 Å². The minimum Gasteiger partial charge on any atom is -0.381 e. The van der Waals surface area contributed by atoms with E-state index in [9.17, 15) is 19.5 Å². The maximum absolute atomic E-state index is 15.5. The van der Waals surface area contributed by atoms with Crippen LogP contribution in [-0.2, 0) is 38.8 Å². The zero-order valence-electron chi connectivity index (χ0n) is 23.1. The molecule has 1 aliphatic rings. The van der Waals surface area contributed by atoms with Gasteiger partial charge in [-0.3, -0.25) is 14.5 Å². The number of carbonyl (C=O) groups excluding carboxylic acids is 3. The first-order valence-electron chi connectivity index (χ1n) is 13.2. The molecule has 0 aliphatic carbocycles. The molecule has 2 aromatic carbocycles. The zero-order chi connectivity index (χ0) is 28.6. The number of halogens is 1. The highest BCUT2D eigenvalue weighted by Gasteiger charge is 2.41. The van der Waals surface area contributed by atoms with Crippen LogP contribution in [0.2, 0.25) is 0 Å². The van der Waals surface area contributed by atoms with E-state index in [-0.39, 0.29) is 44.0 Å². The lowest BCUT2D eigenvalue weighted by molar-refractivity contribution is -0.171. The van der Waals surface area contributed by atoms with Crippen LogP contribution in [-0.4, -0.2) is 71.6 Å². The molecule has 1 aliphatic heterocycles. The summed E-state index contributed by atoms with van der Waals surface area (Å²) in [4.78, 5) is 38.7. The molecule has 212 valence electrons. The van der Waals surface area contributed by atoms with Crippen LogP contribution < -0.4 is 10.6 Å². The van der Waals surface area contributed by atoms with Gasteiger partial charge < -0.3 is 30.2 Å². The number of ether oxygens (including phenoxy) is 1. The average Bonchev–Trinajstić information content (AvgIpc) is 2.90. The number of anilines is 1. The molecule has 9 nitrogen and oxygen atoms in total. The minimum absolute atomic E-state index is 0.0897. The van der Waals surface area contributed by atoms with Crippen molar-refractivity contribution in [3.05, 3.63) is 64.5 Å². The third kappa shape index (κ3) is 7.40. The Balaban J connectivity index is 1.80. The number of aldehydes is 1. The van der Waals surface area contributed by atoms with Gasteiger partial charge in [0, 0.05) is 62.9 Å². The van der Waals surface area contributed by atoms with Crippen LogP contribution in [0.3, 0.4) is 0 Å². The molecule has 1 saturated heterocycles. The molecule has 10 heteroatoms. The van der Waals surface area contributed by atoms with Crippen LogP contribution >= 0.6 is 0 Å². The van der Waals surface area contributed by atoms with E-state index in [1.54, 1.807) is 18.2 Å². The number of morpholine rings is 1. The van der Waals surface area contributed by atoms with E-state index >= 15 is 4.39 Å². The Kier molecular flexibility index (Phi) is 10.6. The third-order valence-electron chi connectivity index (χ3n) is 7.06. The van der Waals surface area contributed by atoms with Gasteiger partial charge in [0.05, 0.1) is 18.8 Å². The fourth-order valence-electron chi connectivity index (χ4n) is 5.09. The number of rotatable bonds is 13. The van der Waals surface area contributed by atoms with Crippen molar-refractivity contribution in [1.29, 1.82) is 0 Å². The molecule has 0 radical (unpaired) electrons. The molecule has 1 fully saturated rings. The first-order chi connectivity index (χ1) is 18.6. The second-order valence-electron chi connectivity index (χ2n) is 10.1. The molecule has 0 spiro atoms. The van der Waals surface area contributed by atoms with Gasteiger partial charge >= 0.3 is 0 Å². The normalized spacial score (nSPS) is 19.1. The summed E-state index contributed by atoms with van der Waals surface area (Å²) < 4.78 is 21.3. The fraction of sp³-hybridized carbons (Fsp3) is 0.483. The van der Waals surface area contributed by atoms with Gasteiger partial charge in [0.15, 0.2) is 0 Å². The average molecular weight is 543 g/mol. The number of nitrogens with one attached hydrogen (secondary N) is 2. The molecule has 2 amide bonds. The smallest absolute Gasteiger partial charge is 0.273 e. The molecule has 1 heterocycles. The predicted molar refractivity (Wildman–Crippen MR) is 146 cm³/mol. The number of hydrogen-bond acceptors (Lipinski definition) is 7. The summed E-state index contributed by atoms with van der Waals surface area (Å²) in [7, 11) is 1.35. The van der Waals surface area contributed by atoms with Gasteiger partial charge in [-0.15, -0.1) is 0 Å². The first kappa shape index (κ1) is 30.2. The minimum atomic E-state index is -2.20. The second-order valence-corrected chi connectivity index (χ2v) is 10.1. The quantitative estimate of drug-likeness (QED) is 0.264. The third-order valence-corrected chi connectivity index (χ3v) is 7.06. The van der Waals surface area contributed by atoms with Gasteiger partial charge in [0.25, 0.3) is 5.91 Å². The Bertz CT molecular complexity index is 1150. The summed E-state index contributed by atoms with van der Waals surface area (Å²) in [6, 6.07) is 10.8. The molecule has 2 aromatic rings. The molecule has 3 N–H and O–H groups in total.